The van der Waals surface area contributed by atoms with Crippen LogP contribution in [0.2, 0.25) is 0 Å². The Morgan fingerprint density at radius 3 is 2.54 bits per heavy atom. The Morgan fingerprint density at radius 1 is 1.07 bits per heavy atom. The second-order valence-electron chi connectivity index (χ2n) is 6.92. The van der Waals surface area contributed by atoms with Crippen LogP contribution in [0.5, 0.6) is 0 Å². The second kappa shape index (κ2) is 8.52. The van der Waals surface area contributed by atoms with Crippen molar-refractivity contribution in [2.45, 2.75) is 27.3 Å². The highest BCUT2D eigenvalue weighted by Crippen LogP contribution is 2.15. The fourth-order valence-electron chi connectivity index (χ4n) is 2.79. The maximum absolute atomic E-state index is 12.6. The van der Waals surface area contributed by atoms with E-state index in [1.807, 2.05) is 75.4 Å². The molecule has 0 radical (unpaired) electrons. The molecule has 3 aromatic rings. The van der Waals surface area contributed by atoms with Crippen LogP contribution in [-0.4, -0.2) is 21.6 Å². The highest BCUT2D eigenvalue weighted by molar-refractivity contribution is 5.95. The first-order chi connectivity index (χ1) is 13.5. The largest absolute Gasteiger partial charge is 0.348 e. The molecule has 2 amide bonds. The van der Waals surface area contributed by atoms with Gasteiger partial charge in [-0.25, -0.2) is 4.68 Å². The zero-order valence-corrected chi connectivity index (χ0v) is 16.3. The van der Waals surface area contributed by atoms with E-state index in [0.717, 1.165) is 22.6 Å². The third-order valence-electron chi connectivity index (χ3n) is 4.43. The number of nitrogens with zero attached hydrogens (tertiary/aromatic N) is 2. The second-order valence-corrected chi connectivity index (χ2v) is 6.92. The van der Waals surface area contributed by atoms with Gasteiger partial charge in [-0.05, 0) is 36.8 Å². The van der Waals surface area contributed by atoms with Gasteiger partial charge >= 0.3 is 0 Å². The standard InChI is InChI=1S/C22H24N4O2/c1-15(2)21(27)25-18-9-7-8-17(12-18)13-23-22(28)20-14-24-26(16(20)3)19-10-5-4-6-11-19/h4-12,14-15H,13H2,1-3H3,(H,23,28)(H,25,27). The average Bonchev–Trinajstić information content (AvgIpc) is 3.08. The van der Waals surface area contributed by atoms with Crippen LogP contribution in [-0.2, 0) is 11.3 Å². The number of anilines is 1. The van der Waals surface area contributed by atoms with E-state index in [9.17, 15) is 9.59 Å². The van der Waals surface area contributed by atoms with Crippen molar-refractivity contribution in [2.24, 2.45) is 5.92 Å². The predicted molar refractivity (Wildman–Crippen MR) is 109 cm³/mol. The molecule has 6 heteroatoms. The van der Waals surface area contributed by atoms with E-state index in [0.29, 0.717) is 12.1 Å². The summed E-state index contributed by atoms with van der Waals surface area (Å²) in [7, 11) is 0. The van der Waals surface area contributed by atoms with Gasteiger partial charge in [-0.1, -0.05) is 44.2 Å². The zero-order valence-electron chi connectivity index (χ0n) is 16.3. The monoisotopic (exact) mass is 376 g/mol. The summed E-state index contributed by atoms with van der Waals surface area (Å²) in [5.74, 6) is -0.311. The number of carbonyl (C=O) groups is 2. The topological polar surface area (TPSA) is 76.0 Å². The number of rotatable bonds is 6. The molecule has 28 heavy (non-hydrogen) atoms. The van der Waals surface area contributed by atoms with Crippen LogP contribution in [0.4, 0.5) is 5.69 Å². The molecule has 0 saturated carbocycles. The molecule has 0 spiro atoms. The maximum atomic E-state index is 12.6. The number of benzene rings is 2. The van der Waals surface area contributed by atoms with Crippen LogP contribution in [0.15, 0.2) is 60.8 Å². The summed E-state index contributed by atoms with van der Waals surface area (Å²) in [6, 6.07) is 17.1. The van der Waals surface area contributed by atoms with Crippen LogP contribution >= 0.6 is 0 Å². The van der Waals surface area contributed by atoms with E-state index in [4.69, 9.17) is 0 Å². The number of carbonyl (C=O) groups excluding carboxylic acids is 2. The van der Waals surface area contributed by atoms with E-state index in [2.05, 4.69) is 15.7 Å². The van der Waals surface area contributed by atoms with E-state index in [-0.39, 0.29) is 17.7 Å². The minimum Gasteiger partial charge on any atom is -0.348 e. The van der Waals surface area contributed by atoms with Gasteiger partial charge in [0.15, 0.2) is 0 Å². The summed E-state index contributed by atoms with van der Waals surface area (Å²) < 4.78 is 1.75. The molecule has 1 heterocycles. The van der Waals surface area contributed by atoms with E-state index in [1.54, 1.807) is 10.9 Å². The van der Waals surface area contributed by atoms with Crippen molar-refractivity contribution in [1.82, 2.24) is 15.1 Å². The Bertz CT molecular complexity index is 977. The Hall–Kier alpha value is -3.41. The molecular weight excluding hydrogens is 352 g/mol. The number of hydrogen-bond donors (Lipinski definition) is 2. The minimum absolute atomic E-state index is 0.0369. The minimum atomic E-state index is -0.184. The number of nitrogens with one attached hydrogen (secondary N) is 2. The van der Waals surface area contributed by atoms with Crippen molar-refractivity contribution in [1.29, 1.82) is 0 Å². The van der Waals surface area contributed by atoms with Gasteiger partial charge in [-0.3, -0.25) is 9.59 Å². The van der Waals surface area contributed by atoms with Crippen molar-refractivity contribution in [2.75, 3.05) is 5.32 Å². The summed E-state index contributed by atoms with van der Waals surface area (Å²) in [5, 5.41) is 10.1. The van der Waals surface area contributed by atoms with Crippen molar-refractivity contribution in [3.8, 4) is 5.69 Å². The lowest BCUT2D eigenvalue weighted by Gasteiger charge is -2.10. The van der Waals surface area contributed by atoms with Gasteiger partial charge in [-0.2, -0.15) is 5.10 Å². The van der Waals surface area contributed by atoms with Gasteiger partial charge in [0.25, 0.3) is 5.91 Å². The van der Waals surface area contributed by atoms with Gasteiger partial charge < -0.3 is 10.6 Å². The molecule has 0 aliphatic carbocycles. The van der Waals surface area contributed by atoms with Crippen molar-refractivity contribution < 1.29 is 9.59 Å². The summed E-state index contributed by atoms with van der Waals surface area (Å²) in [4.78, 5) is 24.4. The first-order valence-electron chi connectivity index (χ1n) is 9.23. The lowest BCUT2D eigenvalue weighted by molar-refractivity contribution is -0.118. The number of para-hydroxylation sites is 1. The Kier molecular flexibility index (Phi) is 5.89. The lowest BCUT2D eigenvalue weighted by Crippen LogP contribution is -2.23. The Morgan fingerprint density at radius 2 is 1.82 bits per heavy atom. The molecule has 2 N–H and O–H groups in total. The zero-order chi connectivity index (χ0) is 20.1. The molecule has 1 aromatic heterocycles. The van der Waals surface area contributed by atoms with Gasteiger partial charge in [0, 0.05) is 18.2 Å². The summed E-state index contributed by atoms with van der Waals surface area (Å²) >= 11 is 0. The third-order valence-corrected chi connectivity index (χ3v) is 4.43. The first-order valence-corrected chi connectivity index (χ1v) is 9.23. The van der Waals surface area contributed by atoms with Crippen LogP contribution in [0, 0.1) is 12.8 Å². The quantitative estimate of drug-likeness (QED) is 0.689. The molecule has 2 aromatic carbocycles. The fraction of sp³-hybridized carbons (Fsp3) is 0.227. The van der Waals surface area contributed by atoms with Gasteiger partial charge in [0.1, 0.15) is 0 Å². The number of amides is 2. The highest BCUT2D eigenvalue weighted by atomic mass is 16.2. The first kappa shape index (κ1) is 19.4. The predicted octanol–water partition coefficient (Wildman–Crippen LogP) is 3.71. The van der Waals surface area contributed by atoms with E-state index in [1.165, 1.54) is 0 Å². The molecule has 3 rings (SSSR count). The van der Waals surface area contributed by atoms with Crippen LogP contribution in [0.25, 0.3) is 5.69 Å². The molecule has 0 aliphatic rings. The summed E-state index contributed by atoms with van der Waals surface area (Å²) in [6.07, 6.45) is 1.58. The molecule has 6 nitrogen and oxygen atoms in total. The van der Waals surface area contributed by atoms with Crippen LogP contribution in [0.1, 0.15) is 35.5 Å². The smallest absolute Gasteiger partial charge is 0.255 e. The Balaban J connectivity index is 1.67. The summed E-state index contributed by atoms with van der Waals surface area (Å²) in [6.45, 7) is 5.92. The molecule has 0 bridgehead atoms. The molecule has 0 aliphatic heterocycles. The highest BCUT2D eigenvalue weighted by Gasteiger charge is 2.15. The normalized spacial score (nSPS) is 10.7. The maximum Gasteiger partial charge on any atom is 0.255 e. The van der Waals surface area contributed by atoms with Crippen molar-refractivity contribution in [3.63, 3.8) is 0 Å². The molecule has 0 unspecified atom stereocenters. The number of hydrogen-bond acceptors (Lipinski definition) is 3. The molecule has 144 valence electrons. The Labute approximate surface area is 164 Å². The third kappa shape index (κ3) is 4.46. The average molecular weight is 376 g/mol. The molecular formula is C22H24N4O2. The van der Waals surface area contributed by atoms with Gasteiger partial charge in [0.2, 0.25) is 5.91 Å². The van der Waals surface area contributed by atoms with E-state index < -0.39 is 0 Å². The van der Waals surface area contributed by atoms with Crippen molar-refractivity contribution in [3.05, 3.63) is 77.6 Å². The fourth-order valence-corrected chi connectivity index (χ4v) is 2.79. The molecule has 0 fully saturated rings. The lowest BCUT2D eigenvalue weighted by atomic mass is 10.1. The van der Waals surface area contributed by atoms with Gasteiger partial charge in [-0.15, -0.1) is 0 Å². The van der Waals surface area contributed by atoms with E-state index >= 15 is 0 Å². The molecule has 0 atom stereocenters. The van der Waals surface area contributed by atoms with Crippen LogP contribution in [0.3, 0.4) is 0 Å². The van der Waals surface area contributed by atoms with Crippen LogP contribution < -0.4 is 10.6 Å². The summed E-state index contributed by atoms with van der Waals surface area (Å²) in [5.41, 5.74) is 3.85. The van der Waals surface area contributed by atoms with Gasteiger partial charge in [0.05, 0.1) is 23.1 Å². The number of aromatic nitrogens is 2. The SMILES string of the molecule is Cc1c(C(=O)NCc2cccc(NC(=O)C(C)C)c2)cnn1-c1ccccc1. The molecule has 0 saturated heterocycles. The van der Waals surface area contributed by atoms with Crippen molar-refractivity contribution >= 4 is 17.5 Å².